The van der Waals surface area contributed by atoms with Gasteiger partial charge in [-0.15, -0.1) is 0 Å². The lowest BCUT2D eigenvalue weighted by atomic mass is 9.90. The van der Waals surface area contributed by atoms with Gasteiger partial charge in [0.1, 0.15) is 23.0 Å². The fraction of sp³-hybridized carbons (Fsp3) is 0.250. The second-order valence-electron chi connectivity index (χ2n) is 10.0. The van der Waals surface area contributed by atoms with Crippen LogP contribution in [0.1, 0.15) is 47.8 Å². The summed E-state index contributed by atoms with van der Waals surface area (Å²) < 4.78 is 32.4. The van der Waals surface area contributed by atoms with E-state index in [0.717, 1.165) is 22.3 Å². The lowest BCUT2D eigenvalue weighted by Crippen LogP contribution is -2.45. The van der Waals surface area contributed by atoms with Crippen LogP contribution < -0.4 is 16.6 Å². The van der Waals surface area contributed by atoms with Crippen LogP contribution in [0.25, 0.3) is 22.4 Å². The van der Waals surface area contributed by atoms with Gasteiger partial charge in [0, 0.05) is 29.0 Å². The minimum atomic E-state index is -0.673. The second kappa shape index (κ2) is 10.1. The Labute approximate surface area is 234 Å². The average molecular weight is 609 g/mol. The van der Waals surface area contributed by atoms with Gasteiger partial charge >= 0.3 is 5.69 Å². The highest BCUT2D eigenvalue weighted by Crippen LogP contribution is 2.28. The lowest BCUT2D eigenvalue weighted by Gasteiger charge is -2.30. The van der Waals surface area contributed by atoms with Gasteiger partial charge in [-0.2, -0.15) is 0 Å². The third-order valence-electron chi connectivity index (χ3n) is 7.22. The highest BCUT2D eigenvalue weighted by molar-refractivity contribution is 9.10. The third-order valence-corrected chi connectivity index (χ3v) is 7.68. The summed E-state index contributed by atoms with van der Waals surface area (Å²) in [5, 5.41) is 2.96. The Hall–Kier alpha value is -4.19. The van der Waals surface area contributed by atoms with Crippen molar-refractivity contribution < 1.29 is 13.6 Å². The first-order valence-electron chi connectivity index (χ1n) is 12.7. The van der Waals surface area contributed by atoms with Crippen molar-refractivity contribution in [1.29, 1.82) is 0 Å². The summed E-state index contributed by atoms with van der Waals surface area (Å²) in [7, 11) is 0. The van der Waals surface area contributed by atoms with E-state index in [9.17, 15) is 23.2 Å². The van der Waals surface area contributed by atoms with Gasteiger partial charge in [0.25, 0.3) is 11.5 Å². The predicted octanol–water partition coefficient (Wildman–Crippen LogP) is 4.46. The van der Waals surface area contributed by atoms with Crippen molar-refractivity contribution in [2.24, 2.45) is 0 Å². The monoisotopic (exact) mass is 608 g/mol. The molecule has 4 aromatic heterocycles. The molecule has 0 bridgehead atoms. The van der Waals surface area contributed by atoms with Gasteiger partial charge in [0.15, 0.2) is 5.65 Å². The number of aryl methyl sites for hydroxylation is 1. The standard InChI is InChI=1S/C28H23BrF2N6O3/c1-15-8-16(29)10-21(9-15)36-25-22(11-18(31)12-32-25)27(39)37(28(36)40)20-5-3-19(4-6-20)33-26(38)23-14-35-13-17(30)2-7-24(35)34-23/h2,7-14,19-20H,3-6H2,1H3,(H,33,38). The Morgan fingerprint density at radius 3 is 2.55 bits per heavy atom. The molecule has 4 heterocycles. The Bertz CT molecular complexity index is 1900. The highest BCUT2D eigenvalue weighted by Gasteiger charge is 2.28. The van der Waals surface area contributed by atoms with Crippen LogP contribution >= 0.6 is 15.9 Å². The van der Waals surface area contributed by atoms with E-state index in [1.54, 1.807) is 12.1 Å². The summed E-state index contributed by atoms with van der Waals surface area (Å²) in [4.78, 5) is 48.5. The number of carbonyl (C=O) groups is 1. The van der Waals surface area contributed by atoms with E-state index in [2.05, 4.69) is 31.2 Å². The number of benzene rings is 1. The molecule has 0 radical (unpaired) electrons. The zero-order chi connectivity index (χ0) is 28.1. The molecule has 1 aliphatic rings. The topological polar surface area (TPSA) is 103 Å². The van der Waals surface area contributed by atoms with Gasteiger partial charge in [-0.05, 0) is 74.6 Å². The summed E-state index contributed by atoms with van der Waals surface area (Å²) in [6.07, 6.45) is 5.62. The van der Waals surface area contributed by atoms with Crippen molar-refractivity contribution in [2.75, 3.05) is 0 Å². The summed E-state index contributed by atoms with van der Waals surface area (Å²) in [5.74, 6) is -1.50. The molecule has 0 aliphatic heterocycles. The van der Waals surface area contributed by atoms with Gasteiger partial charge in [0.05, 0.1) is 17.3 Å². The molecule has 0 atom stereocenters. The largest absolute Gasteiger partial charge is 0.348 e. The summed E-state index contributed by atoms with van der Waals surface area (Å²) in [6.45, 7) is 1.88. The number of imidazole rings is 1. The summed E-state index contributed by atoms with van der Waals surface area (Å²) in [6, 6.07) is 8.65. The SMILES string of the molecule is Cc1cc(Br)cc(-n2c(=O)n(C3CCC(NC(=O)c4cn5cc(F)ccc5n4)CC3)c(=O)c3cc(F)cnc32)c1. The number of hydrogen-bond acceptors (Lipinski definition) is 5. The fourth-order valence-corrected chi connectivity index (χ4v) is 5.99. The number of amides is 1. The van der Waals surface area contributed by atoms with Crippen LogP contribution in [0.5, 0.6) is 0 Å². The third kappa shape index (κ3) is 4.72. The number of rotatable bonds is 4. The molecule has 0 spiro atoms. The van der Waals surface area contributed by atoms with Crippen LogP contribution in [-0.2, 0) is 0 Å². The van der Waals surface area contributed by atoms with E-state index >= 15 is 0 Å². The van der Waals surface area contributed by atoms with Crippen LogP contribution in [0.4, 0.5) is 8.78 Å². The first-order chi connectivity index (χ1) is 19.2. The molecule has 0 saturated heterocycles. The van der Waals surface area contributed by atoms with Crippen molar-refractivity contribution in [3.63, 3.8) is 0 Å². The molecule has 40 heavy (non-hydrogen) atoms. The van der Waals surface area contributed by atoms with Crippen molar-refractivity contribution in [2.45, 2.75) is 44.7 Å². The molecule has 0 unspecified atom stereocenters. The number of carbonyl (C=O) groups excluding carboxylic acids is 1. The van der Waals surface area contributed by atoms with Crippen molar-refractivity contribution in [1.82, 2.24) is 28.8 Å². The normalized spacial score (nSPS) is 17.4. The van der Waals surface area contributed by atoms with E-state index in [1.165, 1.54) is 38.1 Å². The number of aromatic nitrogens is 5. The quantitative estimate of drug-likeness (QED) is 0.324. The van der Waals surface area contributed by atoms with Crippen LogP contribution in [0.3, 0.4) is 0 Å². The zero-order valence-electron chi connectivity index (χ0n) is 21.3. The predicted molar refractivity (Wildman–Crippen MR) is 148 cm³/mol. The fourth-order valence-electron chi connectivity index (χ4n) is 5.40. The zero-order valence-corrected chi connectivity index (χ0v) is 22.9. The van der Waals surface area contributed by atoms with Crippen molar-refractivity contribution >= 4 is 38.5 Å². The first kappa shape index (κ1) is 26.1. The maximum atomic E-state index is 14.2. The van der Waals surface area contributed by atoms with E-state index in [4.69, 9.17) is 0 Å². The van der Waals surface area contributed by atoms with Gasteiger partial charge in [0.2, 0.25) is 0 Å². The Morgan fingerprint density at radius 2 is 1.80 bits per heavy atom. The molecule has 1 amide bonds. The van der Waals surface area contributed by atoms with Crippen LogP contribution in [0.2, 0.25) is 0 Å². The highest BCUT2D eigenvalue weighted by atomic mass is 79.9. The van der Waals surface area contributed by atoms with E-state index in [1.807, 2.05) is 13.0 Å². The summed E-state index contributed by atoms with van der Waals surface area (Å²) in [5.41, 5.74) is 0.935. The molecular weight excluding hydrogens is 586 g/mol. The second-order valence-corrected chi connectivity index (χ2v) is 10.9. The average Bonchev–Trinajstić information content (AvgIpc) is 3.33. The van der Waals surface area contributed by atoms with Crippen LogP contribution in [0.15, 0.2) is 69.1 Å². The van der Waals surface area contributed by atoms with E-state index in [0.29, 0.717) is 37.0 Å². The lowest BCUT2D eigenvalue weighted by molar-refractivity contribution is 0.0917. The summed E-state index contributed by atoms with van der Waals surface area (Å²) >= 11 is 3.45. The van der Waals surface area contributed by atoms with E-state index < -0.39 is 28.9 Å². The molecular formula is C28H23BrF2N6O3. The molecule has 204 valence electrons. The Balaban J connectivity index is 1.29. The molecule has 9 nitrogen and oxygen atoms in total. The van der Waals surface area contributed by atoms with Crippen molar-refractivity contribution in [3.8, 4) is 5.69 Å². The minimum Gasteiger partial charge on any atom is -0.348 e. The van der Waals surface area contributed by atoms with Gasteiger partial charge in [-0.1, -0.05) is 15.9 Å². The molecule has 1 fully saturated rings. The minimum absolute atomic E-state index is 0.0101. The van der Waals surface area contributed by atoms with Gasteiger partial charge in [-0.3, -0.25) is 14.2 Å². The molecule has 6 rings (SSSR count). The number of hydrogen-bond donors (Lipinski definition) is 1. The number of pyridine rings is 2. The molecule has 5 aromatic rings. The first-order valence-corrected chi connectivity index (χ1v) is 13.5. The number of nitrogens with zero attached hydrogens (tertiary/aromatic N) is 5. The van der Waals surface area contributed by atoms with Crippen LogP contribution in [-0.4, -0.2) is 35.5 Å². The maximum absolute atomic E-state index is 14.2. The molecule has 12 heteroatoms. The molecule has 1 aliphatic carbocycles. The number of nitrogens with one attached hydrogen (secondary N) is 1. The number of fused-ring (bicyclic) bond motifs is 2. The van der Waals surface area contributed by atoms with Gasteiger partial charge in [-0.25, -0.2) is 28.1 Å². The molecule has 1 N–H and O–H groups in total. The Kier molecular flexibility index (Phi) is 6.57. The van der Waals surface area contributed by atoms with E-state index in [-0.39, 0.29) is 28.7 Å². The van der Waals surface area contributed by atoms with Crippen molar-refractivity contribution in [3.05, 3.63) is 103 Å². The van der Waals surface area contributed by atoms with Gasteiger partial charge < -0.3 is 9.72 Å². The smallest absolute Gasteiger partial charge is 0.337 e. The molecule has 1 aromatic carbocycles. The maximum Gasteiger partial charge on any atom is 0.337 e. The Morgan fingerprint density at radius 1 is 1.02 bits per heavy atom. The molecule has 1 saturated carbocycles. The number of halogens is 3. The van der Waals surface area contributed by atoms with Crippen LogP contribution in [0, 0.1) is 18.6 Å².